The Hall–Kier alpha value is -2.31. The van der Waals surface area contributed by atoms with Gasteiger partial charge < -0.3 is 20.7 Å². The number of amides is 2. The molecular weight excluding hydrogens is 322 g/mol. The maximum Gasteiger partial charge on any atom is 0.315 e. The van der Waals surface area contributed by atoms with E-state index in [-0.39, 0.29) is 18.7 Å². The molecule has 2 heterocycles. The number of fused-ring (bicyclic) bond motifs is 1. The summed E-state index contributed by atoms with van der Waals surface area (Å²) >= 11 is 1.68. The molecule has 0 fully saturated rings. The Morgan fingerprint density at radius 1 is 1.25 bits per heavy atom. The molecule has 0 aliphatic heterocycles. The molecule has 0 aliphatic carbocycles. The molecule has 5 nitrogen and oxygen atoms in total. The molecule has 0 saturated carbocycles. The molecule has 0 radical (unpaired) electrons. The molecular formula is C18H21N3O2S. The lowest BCUT2D eigenvalue weighted by molar-refractivity contribution is 0.216. The Balaban J connectivity index is 1.51. The van der Waals surface area contributed by atoms with Crippen molar-refractivity contribution in [3.05, 3.63) is 58.4 Å². The number of aromatic amines is 1. The number of nitrogens with one attached hydrogen (secondary N) is 3. The van der Waals surface area contributed by atoms with Crippen LogP contribution < -0.4 is 10.6 Å². The second kappa shape index (κ2) is 7.99. The SMILES string of the molecule is O=C(NCCc1cccs1)N[C@@H](CO)Cc1c[nH]c2ccccc12. The highest BCUT2D eigenvalue weighted by molar-refractivity contribution is 7.09. The summed E-state index contributed by atoms with van der Waals surface area (Å²) in [5.41, 5.74) is 2.15. The van der Waals surface area contributed by atoms with Crippen LogP contribution in [0.25, 0.3) is 10.9 Å². The van der Waals surface area contributed by atoms with Gasteiger partial charge in [-0.2, -0.15) is 0 Å². The Morgan fingerprint density at radius 2 is 2.12 bits per heavy atom. The standard InChI is InChI=1S/C18H21N3O2S/c22-12-14(10-13-11-20-17-6-2-1-5-16(13)17)21-18(23)19-8-7-15-4-3-9-24-15/h1-6,9,11,14,20,22H,7-8,10,12H2,(H2,19,21,23)/t14-/m1/s1. The van der Waals surface area contributed by atoms with Gasteiger partial charge in [0, 0.05) is 28.5 Å². The van der Waals surface area contributed by atoms with E-state index in [1.165, 1.54) is 4.88 Å². The second-order valence-corrected chi connectivity index (χ2v) is 6.70. The van der Waals surface area contributed by atoms with Crippen molar-refractivity contribution in [2.24, 2.45) is 0 Å². The maximum absolute atomic E-state index is 12.0. The summed E-state index contributed by atoms with van der Waals surface area (Å²) in [4.78, 5) is 16.5. The number of aliphatic hydroxyl groups excluding tert-OH is 1. The summed E-state index contributed by atoms with van der Waals surface area (Å²) in [6.07, 6.45) is 3.33. The van der Waals surface area contributed by atoms with Crippen LogP contribution in [0, 0.1) is 0 Å². The third-order valence-corrected chi connectivity index (χ3v) is 4.87. The van der Waals surface area contributed by atoms with Gasteiger partial charge in [0.25, 0.3) is 0 Å². The number of urea groups is 1. The number of para-hydroxylation sites is 1. The summed E-state index contributed by atoms with van der Waals surface area (Å²) in [5.74, 6) is 0. The van der Waals surface area contributed by atoms with Crippen molar-refractivity contribution < 1.29 is 9.90 Å². The first-order chi connectivity index (χ1) is 11.8. The van der Waals surface area contributed by atoms with Crippen LogP contribution >= 0.6 is 11.3 Å². The second-order valence-electron chi connectivity index (χ2n) is 5.67. The fraction of sp³-hybridized carbons (Fsp3) is 0.278. The predicted octanol–water partition coefficient (Wildman–Crippen LogP) is 2.67. The zero-order valence-corrected chi connectivity index (χ0v) is 14.1. The van der Waals surface area contributed by atoms with Gasteiger partial charge in [-0.25, -0.2) is 4.79 Å². The number of carbonyl (C=O) groups is 1. The van der Waals surface area contributed by atoms with Crippen molar-refractivity contribution in [1.82, 2.24) is 15.6 Å². The minimum Gasteiger partial charge on any atom is -0.394 e. The molecule has 0 bridgehead atoms. The first kappa shape index (κ1) is 16.5. The van der Waals surface area contributed by atoms with Crippen LogP contribution in [-0.4, -0.2) is 35.3 Å². The number of rotatable bonds is 7. The molecule has 1 atom stereocenters. The number of aliphatic hydroxyl groups is 1. The van der Waals surface area contributed by atoms with Crippen LogP contribution in [0.4, 0.5) is 4.79 Å². The molecule has 1 aromatic carbocycles. The van der Waals surface area contributed by atoms with E-state index in [1.54, 1.807) is 11.3 Å². The first-order valence-electron chi connectivity index (χ1n) is 7.99. The Kier molecular flexibility index (Phi) is 5.51. The first-order valence-corrected chi connectivity index (χ1v) is 8.87. The number of carbonyl (C=O) groups excluding carboxylic acids is 1. The number of hydrogen-bond acceptors (Lipinski definition) is 3. The van der Waals surface area contributed by atoms with Crippen LogP contribution in [0.2, 0.25) is 0 Å². The molecule has 24 heavy (non-hydrogen) atoms. The van der Waals surface area contributed by atoms with Gasteiger partial charge >= 0.3 is 6.03 Å². The van der Waals surface area contributed by atoms with E-state index in [4.69, 9.17) is 0 Å². The van der Waals surface area contributed by atoms with Gasteiger partial charge in [-0.15, -0.1) is 11.3 Å². The zero-order valence-electron chi connectivity index (χ0n) is 13.3. The molecule has 3 rings (SSSR count). The van der Waals surface area contributed by atoms with Gasteiger partial charge in [0.2, 0.25) is 0 Å². The number of aromatic nitrogens is 1. The van der Waals surface area contributed by atoms with Crippen molar-refractivity contribution in [2.45, 2.75) is 18.9 Å². The van der Waals surface area contributed by atoms with Gasteiger partial charge in [0.1, 0.15) is 0 Å². The summed E-state index contributed by atoms with van der Waals surface area (Å²) in [7, 11) is 0. The largest absolute Gasteiger partial charge is 0.394 e. The number of hydrogen-bond donors (Lipinski definition) is 4. The van der Waals surface area contributed by atoms with E-state index < -0.39 is 0 Å². The molecule has 3 aromatic rings. The lowest BCUT2D eigenvalue weighted by atomic mass is 10.1. The van der Waals surface area contributed by atoms with E-state index >= 15 is 0 Å². The molecule has 2 aromatic heterocycles. The summed E-state index contributed by atoms with van der Waals surface area (Å²) in [6, 6.07) is 11.5. The molecule has 2 amide bonds. The molecule has 126 valence electrons. The fourth-order valence-corrected chi connectivity index (χ4v) is 3.43. The number of benzene rings is 1. The van der Waals surface area contributed by atoms with Gasteiger partial charge in [-0.05, 0) is 35.9 Å². The Labute approximate surface area is 144 Å². The minimum absolute atomic E-state index is 0.0994. The van der Waals surface area contributed by atoms with E-state index in [2.05, 4.69) is 21.7 Å². The van der Waals surface area contributed by atoms with Crippen LogP contribution in [0.5, 0.6) is 0 Å². The topological polar surface area (TPSA) is 77.2 Å². The monoisotopic (exact) mass is 343 g/mol. The molecule has 0 aliphatic rings. The zero-order chi connectivity index (χ0) is 16.8. The van der Waals surface area contributed by atoms with Gasteiger partial charge in [-0.1, -0.05) is 24.3 Å². The minimum atomic E-state index is -0.314. The Morgan fingerprint density at radius 3 is 2.92 bits per heavy atom. The van der Waals surface area contributed by atoms with E-state index in [0.717, 1.165) is 22.9 Å². The van der Waals surface area contributed by atoms with Crippen LogP contribution in [0.3, 0.4) is 0 Å². The molecule has 0 saturated heterocycles. The lowest BCUT2D eigenvalue weighted by Gasteiger charge is -2.16. The highest BCUT2D eigenvalue weighted by Crippen LogP contribution is 2.19. The van der Waals surface area contributed by atoms with E-state index in [1.807, 2.05) is 41.9 Å². The maximum atomic E-state index is 12.0. The molecule has 6 heteroatoms. The van der Waals surface area contributed by atoms with Crippen LogP contribution in [-0.2, 0) is 12.8 Å². The Bertz CT molecular complexity index is 783. The molecule has 4 N–H and O–H groups in total. The van der Waals surface area contributed by atoms with E-state index in [9.17, 15) is 9.90 Å². The third-order valence-electron chi connectivity index (χ3n) is 3.93. The summed E-state index contributed by atoms with van der Waals surface area (Å²) in [5, 5.41) is 18.4. The number of thiophene rings is 1. The van der Waals surface area contributed by atoms with E-state index in [0.29, 0.717) is 13.0 Å². The van der Waals surface area contributed by atoms with Crippen LogP contribution in [0.1, 0.15) is 10.4 Å². The quantitative estimate of drug-likeness (QED) is 0.532. The highest BCUT2D eigenvalue weighted by Gasteiger charge is 2.14. The van der Waals surface area contributed by atoms with Crippen molar-refractivity contribution in [1.29, 1.82) is 0 Å². The average Bonchev–Trinajstić information content (AvgIpc) is 3.24. The van der Waals surface area contributed by atoms with Gasteiger partial charge in [0.05, 0.1) is 12.6 Å². The lowest BCUT2D eigenvalue weighted by Crippen LogP contribution is -2.45. The third kappa shape index (κ3) is 4.15. The smallest absolute Gasteiger partial charge is 0.315 e. The fourth-order valence-electron chi connectivity index (χ4n) is 2.72. The van der Waals surface area contributed by atoms with Crippen LogP contribution in [0.15, 0.2) is 48.0 Å². The highest BCUT2D eigenvalue weighted by atomic mass is 32.1. The van der Waals surface area contributed by atoms with Crippen molar-refractivity contribution >= 4 is 28.3 Å². The number of H-pyrrole nitrogens is 1. The predicted molar refractivity (Wildman–Crippen MR) is 97.4 cm³/mol. The van der Waals surface area contributed by atoms with Gasteiger partial charge in [-0.3, -0.25) is 0 Å². The average molecular weight is 343 g/mol. The normalized spacial score (nSPS) is 12.2. The van der Waals surface area contributed by atoms with Crippen molar-refractivity contribution in [3.63, 3.8) is 0 Å². The molecule has 0 unspecified atom stereocenters. The van der Waals surface area contributed by atoms with Gasteiger partial charge in [0.15, 0.2) is 0 Å². The summed E-state index contributed by atoms with van der Waals surface area (Å²) < 4.78 is 0. The van der Waals surface area contributed by atoms with Crippen molar-refractivity contribution in [3.8, 4) is 0 Å². The molecule has 0 spiro atoms. The van der Waals surface area contributed by atoms with Crippen molar-refractivity contribution in [2.75, 3.05) is 13.2 Å². The summed E-state index contributed by atoms with van der Waals surface area (Å²) in [6.45, 7) is 0.482.